The summed E-state index contributed by atoms with van der Waals surface area (Å²) in [4.78, 5) is 33.7. The molecule has 0 radical (unpaired) electrons. The molecule has 0 unspecified atom stereocenters. The molecule has 3 aromatic rings. The average Bonchev–Trinajstić information content (AvgIpc) is 3.13. The predicted molar refractivity (Wildman–Crippen MR) is 127 cm³/mol. The smallest absolute Gasteiger partial charge is 0.253 e. The summed E-state index contributed by atoms with van der Waals surface area (Å²) in [5, 5.41) is 2.94. The van der Waals surface area contributed by atoms with Gasteiger partial charge in [-0.25, -0.2) is 4.98 Å². The Bertz CT molecular complexity index is 1080. The van der Waals surface area contributed by atoms with E-state index < -0.39 is 0 Å². The Hall–Kier alpha value is -3.19. The number of aryl methyl sites for hydroxylation is 1. The van der Waals surface area contributed by atoms with E-state index >= 15 is 0 Å². The molecule has 168 valence electrons. The second-order valence-electron chi connectivity index (χ2n) is 8.34. The third-order valence-electron chi connectivity index (χ3n) is 6.07. The molecule has 2 aromatic carbocycles. The number of anilines is 1. The molecule has 1 aromatic heterocycles. The van der Waals surface area contributed by atoms with Gasteiger partial charge in [-0.05, 0) is 36.8 Å². The number of aromatic nitrogens is 2. The second-order valence-corrected chi connectivity index (χ2v) is 8.34. The largest absolute Gasteiger partial charge is 0.336 e. The van der Waals surface area contributed by atoms with Gasteiger partial charge >= 0.3 is 0 Å². The van der Waals surface area contributed by atoms with E-state index in [9.17, 15) is 9.59 Å². The molecule has 32 heavy (non-hydrogen) atoms. The fraction of sp³-hybridized carbons (Fsp3) is 0.400. The molecule has 2 amide bonds. The summed E-state index contributed by atoms with van der Waals surface area (Å²) >= 11 is 0. The number of nitrogens with zero attached hydrogens (tertiary/aromatic N) is 4. The minimum Gasteiger partial charge on any atom is -0.336 e. The van der Waals surface area contributed by atoms with Crippen molar-refractivity contribution in [3.05, 3.63) is 59.9 Å². The standard InChI is InChI=1S/C25H31N5O2/c1-3-7-24(31)26-20-10-11-22-21(18-20)27-23(28(22)2)12-13-29-14-16-30(17-15-29)25(32)19-8-5-4-6-9-19/h4-6,8-11,18H,3,7,12-17H2,1-2H3,(H,26,31). The van der Waals surface area contributed by atoms with E-state index in [0.717, 1.165) is 73.7 Å². The molecule has 1 aliphatic heterocycles. The van der Waals surface area contributed by atoms with Crippen LogP contribution < -0.4 is 5.32 Å². The molecular weight excluding hydrogens is 402 g/mol. The molecular formula is C25H31N5O2. The third kappa shape index (κ3) is 4.99. The number of amides is 2. The van der Waals surface area contributed by atoms with Crippen LogP contribution in [0.5, 0.6) is 0 Å². The molecule has 1 N–H and O–H groups in total. The molecule has 4 rings (SSSR count). The van der Waals surface area contributed by atoms with Gasteiger partial charge in [0.15, 0.2) is 0 Å². The number of piperazine rings is 1. The van der Waals surface area contributed by atoms with Gasteiger partial charge in [0.2, 0.25) is 5.91 Å². The number of hydrogen-bond acceptors (Lipinski definition) is 4. The second kappa shape index (κ2) is 9.96. The molecule has 0 spiro atoms. The van der Waals surface area contributed by atoms with Gasteiger partial charge in [0.1, 0.15) is 5.82 Å². The number of benzene rings is 2. The lowest BCUT2D eigenvalue weighted by molar-refractivity contribution is -0.116. The van der Waals surface area contributed by atoms with Gasteiger partial charge in [-0.3, -0.25) is 14.5 Å². The van der Waals surface area contributed by atoms with Crippen LogP contribution in [-0.2, 0) is 18.3 Å². The van der Waals surface area contributed by atoms with Crippen LogP contribution in [0, 0.1) is 0 Å². The highest BCUT2D eigenvalue weighted by molar-refractivity contribution is 5.94. The monoisotopic (exact) mass is 433 g/mol. The van der Waals surface area contributed by atoms with Crippen molar-refractivity contribution in [1.29, 1.82) is 0 Å². The number of imidazole rings is 1. The minimum atomic E-state index is 0.0351. The normalized spacial score (nSPS) is 14.6. The Morgan fingerprint density at radius 2 is 1.78 bits per heavy atom. The maximum Gasteiger partial charge on any atom is 0.253 e. The number of carbonyl (C=O) groups excluding carboxylic acids is 2. The van der Waals surface area contributed by atoms with Gasteiger partial charge in [-0.2, -0.15) is 0 Å². The molecule has 2 heterocycles. The summed E-state index contributed by atoms with van der Waals surface area (Å²) in [6.07, 6.45) is 2.20. The SMILES string of the molecule is CCCC(=O)Nc1ccc2c(c1)nc(CCN1CCN(C(=O)c3ccccc3)CC1)n2C. The number of carbonyl (C=O) groups is 2. The lowest BCUT2D eigenvalue weighted by Gasteiger charge is -2.34. The van der Waals surface area contributed by atoms with Gasteiger partial charge in [0.05, 0.1) is 11.0 Å². The van der Waals surface area contributed by atoms with Crippen molar-refractivity contribution in [3.63, 3.8) is 0 Å². The van der Waals surface area contributed by atoms with Crippen LogP contribution in [0.1, 0.15) is 35.9 Å². The maximum atomic E-state index is 12.6. The van der Waals surface area contributed by atoms with Gasteiger partial charge in [-0.15, -0.1) is 0 Å². The van der Waals surface area contributed by atoms with Crippen molar-refractivity contribution in [2.45, 2.75) is 26.2 Å². The first-order chi connectivity index (χ1) is 15.5. The topological polar surface area (TPSA) is 70.5 Å². The van der Waals surface area contributed by atoms with E-state index in [2.05, 4.69) is 14.8 Å². The highest BCUT2D eigenvalue weighted by atomic mass is 16.2. The molecule has 0 saturated carbocycles. The van der Waals surface area contributed by atoms with Crippen molar-refractivity contribution in [3.8, 4) is 0 Å². The van der Waals surface area contributed by atoms with E-state index in [4.69, 9.17) is 4.98 Å². The van der Waals surface area contributed by atoms with Crippen LogP contribution in [0.3, 0.4) is 0 Å². The van der Waals surface area contributed by atoms with Crippen molar-refractivity contribution in [2.24, 2.45) is 7.05 Å². The van der Waals surface area contributed by atoms with Gasteiger partial charge in [0.25, 0.3) is 5.91 Å². The highest BCUT2D eigenvalue weighted by Crippen LogP contribution is 2.20. The van der Waals surface area contributed by atoms with Crippen molar-refractivity contribution in [2.75, 3.05) is 38.0 Å². The minimum absolute atomic E-state index is 0.0351. The summed E-state index contributed by atoms with van der Waals surface area (Å²) in [6.45, 7) is 6.14. The number of nitrogens with one attached hydrogen (secondary N) is 1. The summed E-state index contributed by atoms with van der Waals surface area (Å²) in [5.74, 6) is 1.18. The summed E-state index contributed by atoms with van der Waals surface area (Å²) in [5.41, 5.74) is 3.51. The Labute approximate surface area is 189 Å². The van der Waals surface area contributed by atoms with Crippen LogP contribution in [-0.4, -0.2) is 63.9 Å². The number of rotatable bonds is 7. The van der Waals surface area contributed by atoms with E-state index in [-0.39, 0.29) is 11.8 Å². The Morgan fingerprint density at radius 3 is 2.50 bits per heavy atom. The van der Waals surface area contributed by atoms with Gasteiger partial charge < -0.3 is 14.8 Å². The molecule has 7 heteroatoms. The highest BCUT2D eigenvalue weighted by Gasteiger charge is 2.22. The third-order valence-corrected chi connectivity index (χ3v) is 6.07. The zero-order valence-electron chi connectivity index (χ0n) is 18.9. The van der Waals surface area contributed by atoms with Crippen molar-refractivity contribution < 1.29 is 9.59 Å². The Morgan fingerprint density at radius 1 is 1.03 bits per heavy atom. The lowest BCUT2D eigenvalue weighted by atomic mass is 10.2. The summed E-state index contributed by atoms with van der Waals surface area (Å²) in [7, 11) is 2.04. The summed E-state index contributed by atoms with van der Waals surface area (Å²) in [6, 6.07) is 15.4. The van der Waals surface area contributed by atoms with E-state index in [1.54, 1.807) is 0 Å². The zero-order valence-corrected chi connectivity index (χ0v) is 18.9. The van der Waals surface area contributed by atoms with Crippen LogP contribution in [0.15, 0.2) is 48.5 Å². The first-order valence-corrected chi connectivity index (χ1v) is 11.4. The fourth-order valence-electron chi connectivity index (χ4n) is 4.20. The average molecular weight is 434 g/mol. The van der Waals surface area contributed by atoms with E-state index in [1.807, 2.05) is 67.4 Å². The molecule has 0 atom stereocenters. The van der Waals surface area contributed by atoms with Crippen molar-refractivity contribution >= 4 is 28.5 Å². The molecule has 1 fully saturated rings. The Balaban J connectivity index is 1.33. The van der Waals surface area contributed by atoms with Crippen LogP contribution in [0.4, 0.5) is 5.69 Å². The lowest BCUT2D eigenvalue weighted by Crippen LogP contribution is -2.49. The fourth-order valence-corrected chi connectivity index (χ4v) is 4.20. The first-order valence-electron chi connectivity index (χ1n) is 11.4. The van der Waals surface area contributed by atoms with Crippen LogP contribution >= 0.6 is 0 Å². The predicted octanol–water partition coefficient (Wildman–Crippen LogP) is 3.31. The quantitative estimate of drug-likeness (QED) is 0.621. The number of fused-ring (bicyclic) bond motifs is 1. The Kier molecular flexibility index (Phi) is 6.85. The molecule has 7 nitrogen and oxygen atoms in total. The maximum absolute atomic E-state index is 12.6. The van der Waals surface area contributed by atoms with E-state index in [1.165, 1.54) is 0 Å². The van der Waals surface area contributed by atoms with Gasteiger partial charge in [0, 0.05) is 63.9 Å². The molecule has 1 aliphatic rings. The summed E-state index contributed by atoms with van der Waals surface area (Å²) < 4.78 is 2.13. The van der Waals surface area contributed by atoms with Gasteiger partial charge in [-0.1, -0.05) is 25.1 Å². The molecule has 0 bridgehead atoms. The van der Waals surface area contributed by atoms with Crippen LogP contribution in [0.2, 0.25) is 0 Å². The number of hydrogen-bond donors (Lipinski definition) is 1. The molecule has 0 aliphatic carbocycles. The molecule has 1 saturated heterocycles. The first kappa shape index (κ1) is 22.0. The van der Waals surface area contributed by atoms with Crippen molar-refractivity contribution in [1.82, 2.24) is 19.4 Å². The van der Waals surface area contributed by atoms with E-state index in [0.29, 0.717) is 6.42 Å². The zero-order chi connectivity index (χ0) is 22.5. The van der Waals surface area contributed by atoms with Crippen LogP contribution in [0.25, 0.3) is 11.0 Å².